The number of rotatable bonds is 2. The maximum absolute atomic E-state index is 9.56. The normalized spacial score (nSPS) is 19.1. The third kappa shape index (κ3) is 1.60. The number of fused-ring (bicyclic) bond motifs is 1. The van der Waals surface area contributed by atoms with Crippen LogP contribution in [0.3, 0.4) is 0 Å². The van der Waals surface area contributed by atoms with E-state index in [0.29, 0.717) is 12.4 Å². The zero-order chi connectivity index (χ0) is 10.1. The van der Waals surface area contributed by atoms with E-state index in [1.807, 2.05) is 6.07 Å². The Balaban J connectivity index is 2.29. The summed E-state index contributed by atoms with van der Waals surface area (Å²) < 4.78 is 11.5. The summed E-state index contributed by atoms with van der Waals surface area (Å²) in [5, 5.41) is 9.56. The average Bonchev–Trinajstić information content (AvgIpc) is 2.57. The molecule has 4 heteroatoms. The Kier molecular flexibility index (Phi) is 2.65. The van der Waals surface area contributed by atoms with Gasteiger partial charge in [-0.25, -0.2) is 0 Å². The molecule has 1 heterocycles. The first-order valence-corrected chi connectivity index (χ1v) is 5.17. The molecule has 1 aliphatic heterocycles. The summed E-state index contributed by atoms with van der Waals surface area (Å²) in [6.07, 6.45) is 0.789. The van der Waals surface area contributed by atoms with Crippen LogP contribution in [0.2, 0.25) is 0 Å². The Morgan fingerprint density at radius 3 is 3.07 bits per heavy atom. The van der Waals surface area contributed by atoms with Crippen LogP contribution in [0.15, 0.2) is 16.6 Å². The SMILES string of the molecule is COCC1Cc2c(Br)ccc(O)c2O1. The molecule has 14 heavy (non-hydrogen) atoms. The van der Waals surface area contributed by atoms with Crippen molar-refractivity contribution >= 4 is 15.9 Å². The molecular formula is C10H11BrO3. The van der Waals surface area contributed by atoms with Gasteiger partial charge in [0.15, 0.2) is 11.5 Å². The lowest BCUT2D eigenvalue weighted by Crippen LogP contribution is -2.19. The third-order valence-corrected chi connectivity index (χ3v) is 2.99. The molecule has 0 saturated carbocycles. The van der Waals surface area contributed by atoms with E-state index in [4.69, 9.17) is 9.47 Å². The maximum atomic E-state index is 9.56. The second kappa shape index (κ2) is 3.79. The van der Waals surface area contributed by atoms with Crippen molar-refractivity contribution in [1.82, 2.24) is 0 Å². The van der Waals surface area contributed by atoms with E-state index in [0.717, 1.165) is 16.5 Å². The second-order valence-electron chi connectivity index (χ2n) is 3.27. The Hall–Kier alpha value is -0.740. The summed E-state index contributed by atoms with van der Waals surface area (Å²) in [5.74, 6) is 0.781. The van der Waals surface area contributed by atoms with E-state index < -0.39 is 0 Å². The number of halogens is 1. The van der Waals surface area contributed by atoms with Gasteiger partial charge in [0.1, 0.15) is 6.10 Å². The molecule has 1 aliphatic rings. The van der Waals surface area contributed by atoms with Crippen LogP contribution in [-0.2, 0) is 11.2 Å². The van der Waals surface area contributed by atoms with Crippen molar-refractivity contribution in [2.45, 2.75) is 12.5 Å². The highest BCUT2D eigenvalue weighted by atomic mass is 79.9. The zero-order valence-electron chi connectivity index (χ0n) is 7.79. The van der Waals surface area contributed by atoms with Crippen LogP contribution >= 0.6 is 15.9 Å². The van der Waals surface area contributed by atoms with E-state index in [1.165, 1.54) is 0 Å². The molecule has 1 unspecified atom stereocenters. The highest BCUT2D eigenvalue weighted by Crippen LogP contribution is 2.41. The van der Waals surface area contributed by atoms with E-state index in [2.05, 4.69) is 15.9 Å². The summed E-state index contributed by atoms with van der Waals surface area (Å²) in [4.78, 5) is 0. The standard InChI is InChI=1S/C10H11BrO3/c1-13-5-6-4-7-8(11)2-3-9(12)10(7)14-6/h2-3,6,12H,4-5H2,1H3. The molecule has 0 aromatic heterocycles. The molecule has 0 radical (unpaired) electrons. The van der Waals surface area contributed by atoms with Crippen LogP contribution < -0.4 is 4.74 Å². The second-order valence-corrected chi connectivity index (χ2v) is 4.13. The first-order chi connectivity index (χ1) is 6.72. The first kappa shape index (κ1) is 9.80. The van der Waals surface area contributed by atoms with Gasteiger partial charge in [0.25, 0.3) is 0 Å². The zero-order valence-corrected chi connectivity index (χ0v) is 9.37. The lowest BCUT2D eigenvalue weighted by Gasteiger charge is -2.08. The van der Waals surface area contributed by atoms with Gasteiger partial charge in [0.2, 0.25) is 0 Å². The van der Waals surface area contributed by atoms with Gasteiger partial charge in [-0.05, 0) is 12.1 Å². The number of ether oxygens (including phenoxy) is 2. The van der Waals surface area contributed by atoms with Crippen molar-refractivity contribution in [2.75, 3.05) is 13.7 Å². The topological polar surface area (TPSA) is 38.7 Å². The van der Waals surface area contributed by atoms with Crippen LogP contribution in [0.1, 0.15) is 5.56 Å². The van der Waals surface area contributed by atoms with Crippen LogP contribution in [0, 0.1) is 0 Å². The fourth-order valence-electron chi connectivity index (χ4n) is 1.63. The van der Waals surface area contributed by atoms with Crippen molar-refractivity contribution in [2.24, 2.45) is 0 Å². The molecule has 0 bridgehead atoms. The number of methoxy groups -OCH3 is 1. The fourth-order valence-corrected chi connectivity index (χ4v) is 2.10. The molecule has 0 spiro atoms. The Morgan fingerprint density at radius 2 is 2.43 bits per heavy atom. The molecule has 0 aliphatic carbocycles. The molecule has 3 nitrogen and oxygen atoms in total. The molecular weight excluding hydrogens is 248 g/mol. The minimum absolute atomic E-state index is 0.0135. The van der Waals surface area contributed by atoms with Crippen LogP contribution in [-0.4, -0.2) is 24.9 Å². The smallest absolute Gasteiger partial charge is 0.165 e. The van der Waals surface area contributed by atoms with Gasteiger partial charge < -0.3 is 14.6 Å². The highest BCUT2D eigenvalue weighted by Gasteiger charge is 2.27. The van der Waals surface area contributed by atoms with Crippen molar-refractivity contribution in [3.8, 4) is 11.5 Å². The number of phenolic OH excluding ortho intramolecular Hbond substituents is 1. The van der Waals surface area contributed by atoms with Gasteiger partial charge in [-0.2, -0.15) is 0 Å². The summed E-state index contributed by atoms with van der Waals surface area (Å²) in [6.45, 7) is 0.542. The van der Waals surface area contributed by atoms with Gasteiger partial charge in [-0.15, -0.1) is 0 Å². The minimum atomic E-state index is 0.0135. The van der Waals surface area contributed by atoms with Gasteiger partial charge in [-0.3, -0.25) is 0 Å². The molecule has 76 valence electrons. The van der Waals surface area contributed by atoms with E-state index in [9.17, 15) is 5.11 Å². The summed E-state index contributed by atoms with van der Waals surface area (Å²) >= 11 is 3.43. The van der Waals surface area contributed by atoms with E-state index in [1.54, 1.807) is 13.2 Å². The van der Waals surface area contributed by atoms with E-state index in [-0.39, 0.29) is 11.9 Å². The minimum Gasteiger partial charge on any atom is -0.504 e. The fraction of sp³-hybridized carbons (Fsp3) is 0.400. The van der Waals surface area contributed by atoms with Crippen molar-refractivity contribution in [3.05, 3.63) is 22.2 Å². The molecule has 0 saturated heterocycles. The van der Waals surface area contributed by atoms with Crippen LogP contribution in [0.25, 0.3) is 0 Å². The van der Waals surface area contributed by atoms with E-state index >= 15 is 0 Å². The summed E-state index contributed by atoms with van der Waals surface area (Å²) in [6, 6.07) is 3.45. The molecule has 2 rings (SSSR count). The lowest BCUT2D eigenvalue weighted by molar-refractivity contribution is 0.0936. The maximum Gasteiger partial charge on any atom is 0.165 e. The van der Waals surface area contributed by atoms with Crippen molar-refractivity contribution in [3.63, 3.8) is 0 Å². The Morgan fingerprint density at radius 1 is 1.64 bits per heavy atom. The number of phenols is 1. The predicted molar refractivity (Wildman–Crippen MR) is 55.8 cm³/mol. The number of aromatic hydroxyl groups is 1. The third-order valence-electron chi connectivity index (χ3n) is 2.25. The number of hydrogen-bond donors (Lipinski definition) is 1. The van der Waals surface area contributed by atoms with Gasteiger partial charge in [0.05, 0.1) is 6.61 Å². The summed E-state index contributed by atoms with van der Waals surface area (Å²) in [5.41, 5.74) is 1.02. The lowest BCUT2D eigenvalue weighted by atomic mass is 10.1. The molecule has 0 amide bonds. The molecule has 1 aromatic carbocycles. The number of hydrogen-bond acceptors (Lipinski definition) is 3. The number of benzene rings is 1. The predicted octanol–water partition coefficient (Wildman–Crippen LogP) is 2.10. The molecule has 0 fully saturated rings. The average molecular weight is 259 g/mol. The van der Waals surface area contributed by atoms with Crippen molar-refractivity contribution in [1.29, 1.82) is 0 Å². The van der Waals surface area contributed by atoms with Crippen LogP contribution in [0.4, 0.5) is 0 Å². The van der Waals surface area contributed by atoms with Crippen molar-refractivity contribution < 1.29 is 14.6 Å². The van der Waals surface area contributed by atoms with Gasteiger partial charge in [0, 0.05) is 23.6 Å². The largest absolute Gasteiger partial charge is 0.504 e. The molecule has 1 aromatic rings. The molecule has 1 N–H and O–H groups in total. The molecule has 1 atom stereocenters. The monoisotopic (exact) mass is 258 g/mol. The quantitative estimate of drug-likeness (QED) is 0.883. The Bertz CT molecular complexity index is 320. The van der Waals surface area contributed by atoms with Gasteiger partial charge in [-0.1, -0.05) is 15.9 Å². The Labute approximate surface area is 90.8 Å². The highest BCUT2D eigenvalue weighted by molar-refractivity contribution is 9.10. The van der Waals surface area contributed by atoms with Gasteiger partial charge >= 0.3 is 0 Å². The summed E-state index contributed by atoms with van der Waals surface area (Å²) in [7, 11) is 1.64. The van der Waals surface area contributed by atoms with Crippen LogP contribution in [0.5, 0.6) is 11.5 Å². The first-order valence-electron chi connectivity index (χ1n) is 4.38.